The Labute approximate surface area is 147 Å². The standard InChI is InChI=1S/C21H22N2O2/c1-15(17-10-6-3-7-11-17)23-18-12-13-21(20(23)25,22-19(18)24)14-16-8-4-2-5-9-16/h2-11,15,18H,12-14H2,1H3,(H,22,24)/t15-,18+,21-/m1/s1. The van der Waals surface area contributed by atoms with Crippen molar-refractivity contribution in [3.63, 3.8) is 0 Å². The first-order chi connectivity index (χ1) is 12.1. The first-order valence-corrected chi connectivity index (χ1v) is 8.84. The number of carbonyl (C=O) groups excluding carboxylic acids is 2. The number of hydrogen-bond donors (Lipinski definition) is 1. The Bertz CT molecular complexity index is 790. The van der Waals surface area contributed by atoms with Gasteiger partial charge in [-0.25, -0.2) is 0 Å². The number of piperidine rings is 2. The molecule has 0 saturated carbocycles. The van der Waals surface area contributed by atoms with Crippen LogP contribution in [0.15, 0.2) is 60.7 Å². The van der Waals surface area contributed by atoms with Gasteiger partial charge in [-0.15, -0.1) is 0 Å². The summed E-state index contributed by atoms with van der Waals surface area (Å²) in [6, 6.07) is 19.4. The van der Waals surface area contributed by atoms with Crippen LogP contribution in [0.2, 0.25) is 0 Å². The summed E-state index contributed by atoms with van der Waals surface area (Å²) in [6.45, 7) is 2.01. The molecule has 2 amide bonds. The van der Waals surface area contributed by atoms with Crippen LogP contribution in [0.25, 0.3) is 0 Å². The molecule has 128 valence electrons. The Morgan fingerprint density at radius 3 is 2.36 bits per heavy atom. The van der Waals surface area contributed by atoms with Gasteiger partial charge in [-0.1, -0.05) is 60.7 Å². The van der Waals surface area contributed by atoms with E-state index in [1.807, 2.05) is 67.6 Å². The van der Waals surface area contributed by atoms with E-state index in [1.165, 1.54) is 0 Å². The van der Waals surface area contributed by atoms with Gasteiger partial charge in [0.15, 0.2) is 0 Å². The van der Waals surface area contributed by atoms with Crippen LogP contribution in [0.1, 0.15) is 36.9 Å². The average Bonchev–Trinajstić information content (AvgIpc) is 2.64. The summed E-state index contributed by atoms with van der Waals surface area (Å²) in [5, 5.41) is 3.03. The molecule has 25 heavy (non-hydrogen) atoms. The number of nitrogens with one attached hydrogen (secondary N) is 1. The van der Waals surface area contributed by atoms with Crippen LogP contribution in [-0.4, -0.2) is 28.3 Å². The Morgan fingerprint density at radius 2 is 1.72 bits per heavy atom. The molecule has 0 aliphatic carbocycles. The molecular formula is C21H22N2O2. The molecule has 3 saturated heterocycles. The van der Waals surface area contributed by atoms with Crippen molar-refractivity contribution >= 4 is 11.8 Å². The first-order valence-electron chi connectivity index (χ1n) is 8.84. The Balaban J connectivity index is 1.68. The molecule has 3 aliphatic rings. The lowest BCUT2D eigenvalue weighted by molar-refractivity contribution is -0.164. The van der Waals surface area contributed by atoms with E-state index in [1.54, 1.807) is 4.90 Å². The van der Waals surface area contributed by atoms with E-state index in [2.05, 4.69) is 5.32 Å². The molecule has 4 nitrogen and oxygen atoms in total. The second kappa shape index (κ2) is 6.03. The molecule has 2 aromatic rings. The molecule has 5 rings (SSSR count). The maximum atomic E-state index is 13.4. The van der Waals surface area contributed by atoms with Gasteiger partial charge in [0.2, 0.25) is 11.8 Å². The summed E-state index contributed by atoms with van der Waals surface area (Å²) in [7, 11) is 0. The lowest BCUT2D eigenvalue weighted by Gasteiger charge is -2.53. The first kappa shape index (κ1) is 15.9. The van der Waals surface area contributed by atoms with Gasteiger partial charge >= 0.3 is 0 Å². The van der Waals surface area contributed by atoms with E-state index < -0.39 is 5.54 Å². The third-order valence-electron chi connectivity index (χ3n) is 5.54. The van der Waals surface area contributed by atoms with E-state index in [-0.39, 0.29) is 23.9 Å². The van der Waals surface area contributed by atoms with E-state index in [0.29, 0.717) is 12.8 Å². The van der Waals surface area contributed by atoms with Crippen LogP contribution < -0.4 is 5.32 Å². The fourth-order valence-electron chi connectivity index (χ4n) is 4.20. The van der Waals surface area contributed by atoms with Gasteiger partial charge in [-0.05, 0) is 30.9 Å². The number of hydrogen-bond acceptors (Lipinski definition) is 2. The minimum atomic E-state index is -0.809. The molecule has 0 aromatic heterocycles. The van der Waals surface area contributed by atoms with Crippen molar-refractivity contribution in [3.05, 3.63) is 71.8 Å². The second-order valence-corrected chi connectivity index (χ2v) is 7.09. The number of piperazine rings is 1. The maximum absolute atomic E-state index is 13.4. The van der Waals surface area contributed by atoms with Crippen LogP contribution in [0, 0.1) is 0 Å². The summed E-state index contributed by atoms with van der Waals surface area (Å²) in [4.78, 5) is 27.8. The maximum Gasteiger partial charge on any atom is 0.249 e. The van der Waals surface area contributed by atoms with Crippen LogP contribution in [0.3, 0.4) is 0 Å². The largest absolute Gasteiger partial charge is 0.340 e. The van der Waals surface area contributed by atoms with Gasteiger partial charge in [0.05, 0.1) is 6.04 Å². The van der Waals surface area contributed by atoms with Crippen molar-refractivity contribution in [1.82, 2.24) is 10.2 Å². The summed E-state index contributed by atoms with van der Waals surface area (Å²) in [6.07, 6.45) is 1.97. The molecule has 3 fully saturated rings. The van der Waals surface area contributed by atoms with Gasteiger partial charge in [0.1, 0.15) is 11.6 Å². The Hall–Kier alpha value is -2.62. The van der Waals surface area contributed by atoms with Crippen molar-refractivity contribution < 1.29 is 9.59 Å². The molecular weight excluding hydrogens is 312 g/mol. The molecule has 3 atom stereocenters. The number of fused-ring (bicyclic) bond motifs is 3. The molecule has 1 N–H and O–H groups in total. The monoisotopic (exact) mass is 334 g/mol. The predicted molar refractivity (Wildman–Crippen MR) is 95.7 cm³/mol. The zero-order chi connectivity index (χ0) is 17.4. The third kappa shape index (κ3) is 2.62. The van der Waals surface area contributed by atoms with Gasteiger partial charge in [-0.2, -0.15) is 0 Å². The number of rotatable bonds is 4. The molecule has 4 heteroatoms. The zero-order valence-electron chi connectivity index (χ0n) is 14.3. The van der Waals surface area contributed by atoms with Crippen LogP contribution in [0.4, 0.5) is 0 Å². The van der Waals surface area contributed by atoms with Gasteiger partial charge in [0, 0.05) is 6.42 Å². The molecule has 0 radical (unpaired) electrons. The minimum Gasteiger partial charge on any atom is -0.340 e. The highest BCUT2D eigenvalue weighted by Gasteiger charge is 2.56. The number of carbonyl (C=O) groups is 2. The highest BCUT2D eigenvalue weighted by molar-refractivity contribution is 6.01. The minimum absolute atomic E-state index is 0.0236. The lowest BCUT2D eigenvalue weighted by atomic mass is 9.75. The second-order valence-electron chi connectivity index (χ2n) is 7.09. The topological polar surface area (TPSA) is 49.4 Å². The smallest absolute Gasteiger partial charge is 0.249 e. The summed E-state index contributed by atoms with van der Waals surface area (Å²) >= 11 is 0. The average molecular weight is 334 g/mol. The molecule has 0 spiro atoms. The molecule has 2 aromatic carbocycles. The highest BCUT2D eigenvalue weighted by Crippen LogP contribution is 2.39. The van der Waals surface area contributed by atoms with Crippen molar-refractivity contribution in [2.75, 3.05) is 0 Å². The SMILES string of the molecule is C[C@H](c1ccccc1)N1C(=O)[C@]2(Cc3ccccc3)CC[C@H]1C(=O)N2. The highest BCUT2D eigenvalue weighted by atomic mass is 16.2. The van der Waals surface area contributed by atoms with E-state index in [9.17, 15) is 9.59 Å². The summed E-state index contributed by atoms with van der Waals surface area (Å²) < 4.78 is 0. The molecule has 3 heterocycles. The zero-order valence-corrected chi connectivity index (χ0v) is 14.3. The fourth-order valence-corrected chi connectivity index (χ4v) is 4.20. The van der Waals surface area contributed by atoms with Crippen molar-refractivity contribution in [3.8, 4) is 0 Å². The van der Waals surface area contributed by atoms with E-state index >= 15 is 0 Å². The Kier molecular flexibility index (Phi) is 3.83. The molecule has 0 unspecified atom stereocenters. The molecule has 2 bridgehead atoms. The fraction of sp³-hybridized carbons (Fsp3) is 0.333. The summed E-state index contributed by atoms with van der Waals surface area (Å²) in [5.74, 6) is 0.0214. The van der Waals surface area contributed by atoms with Gasteiger partial charge in [0.25, 0.3) is 0 Å². The third-order valence-corrected chi connectivity index (χ3v) is 5.54. The van der Waals surface area contributed by atoms with Crippen molar-refractivity contribution in [2.24, 2.45) is 0 Å². The number of amides is 2. The Morgan fingerprint density at radius 1 is 1.08 bits per heavy atom. The van der Waals surface area contributed by atoms with Crippen LogP contribution in [-0.2, 0) is 16.0 Å². The van der Waals surface area contributed by atoms with E-state index in [0.717, 1.165) is 17.5 Å². The van der Waals surface area contributed by atoms with Crippen LogP contribution in [0.5, 0.6) is 0 Å². The van der Waals surface area contributed by atoms with Gasteiger partial charge in [-0.3, -0.25) is 9.59 Å². The predicted octanol–water partition coefficient (Wildman–Crippen LogP) is 2.85. The van der Waals surface area contributed by atoms with Gasteiger partial charge < -0.3 is 10.2 Å². The number of nitrogens with zero attached hydrogens (tertiary/aromatic N) is 1. The normalized spacial score (nSPS) is 26.4. The summed E-state index contributed by atoms with van der Waals surface area (Å²) in [5.41, 5.74) is 1.32. The van der Waals surface area contributed by atoms with Crippen molar-refractivity contribution in [2.45, 2.75) is 43.8 Å². The quantitative estimate of drug-likeness (QED) is 0.935. The van der Waals surface area contributed by atoms with Crippen molar-refractivity contribution in [1.29, 1.82) is 0 Å². The van der Waals surface area contributed by atoms with Crippen LogP contribution >= 0.6 is 0 Å². The number of benzene rings is 2. The van der Waals surface area contributed by atoms with E-state index in [4.69, 9.17) is 0 Å². The lowest BCUT2D eigenvalue weighted by Crippen LogP contribution is -2.75. The molecule has 3 aliphatic heterocycles.